The summed E-state index contributed by atoms with van der Waals surface area (Å²) in [7, 11) is 1.50. The molecule has 2 aromatic rings. The van der Waals surface area contributed by atoms with Gasteiger partial charge < -0.3 is 15.7 Å². The summed E-state index contributed by atoms with van der Waals surface area (Å²) >= 11 is 0. The van der Waals surface area contributed by atoms with Crippen molar-refractivity contribution in [3.05, 3.63) is 64.7 Å². The molecule has 3 rings (SSSR count). The van der Waals surface area contributed by atoms with E-state index in [1.54, 1.807) is 18.2 Å². The van der Waals surface area contributed by atoms with Crippen LogP contribution in [0, 0.1) is 0 Å². The molecule has 0 saturated carbocycles. The van der Waals surface area contributed by atoms with E-state index in [2.05, 4.69) is 5.73 Å². The quantitative estimate of drug-likeness (QED) is 0.495. The Morgan fingerprint density at radius 1 is 0.969 bits per heavy atom. The molecular formula is C22H26F6N2O2. The number of benzene rings is 2. The van der Waals surface area contributed by atoms with Crippen LogP contribution in [0.4, 0.5) is 32.0 Å². The number of alkyl halides is 6. The van der Waals surface area contributed by atoms with E-state index in [-0.39, 0.29) is 6.54 Å². The molecule has 0 radical (unpaired) electrons. The highest BCUT2D eigenvalue weighted by atomic mass is 19.4. The SMILES string of the molecule is CC.CN.O=Cc1ccc2c(c1)CCN2Cc1ccc(C(O)(C(F)(F)F)C(F)(F)F)cc1. The maximum absolute atomic E-state index is 12.9. The lowest BCUT2D eigenvalue weighted by Crippen LogP contribution is -2.53. The first-order valence-corrected chi connectivity index (χ1v) is 9.83. The Morgan fingerprint density at radius 3 is 1.97 bits per heavy atom. The third-order valence-electron chi connectivity index (χ3n) is 4.80. The standard InChI is InChI=1S/C19H15F6NO2.C2H6.CH5N/c20-18(21,22)17(28,19(23,24)25)15-4-1-12(2-5-15)10-26-8-7-14-9-13(11-27)3-6-16(14)26;2*1-2/h1-6,9,11,28H,7-8,10H2;1-2H3;2H2,1H3. The monoisotopic (exact) mass is 464 g/mol. The van der Waals surface area contributed by atoms with Crippen molar-refractivity contribution in [3.8, 4) is 0 Å². The average Bonchev–Trinajstić information content (AvgIpc) is 3.16. The van der Waals surface area contributed by atoms with Crippen molar-refractivity contribution in [2.45, 2.75) is 44.8 Å². The Balaban J connectivity index is 0.00000121. The topological polar surface area (TPSA) is 66.6 Å². The van der Waals surface area contributed by atoms with E-state index in [1.165, 1.54) is 7.05 Å². The van der Waals surface area contributed by atoms with Gasteiger partial charge in [-0.05, 0) is 42.8 Å². The van der Waals surface area contributed by atoms with Crippen LogP contribution >= 0.6 is 0 Å². The number of fused-ring (bicyclic) bond motifs is 1. The number of rotatable bonds is 4. The summed E-state index contributed by atoms with van der Waals surface area (Å²) in [6, 6.07) is 8.70. The molecule has 0 atom stereocenters. The maximum Gasteiger partial charge on any atom is 0.430 e. The fraction of sp³-hybridized carbons (Fsp3) is 0.409. The predicted molar refractivity (Wildman–Crippen MR) is 110 cm³/mol. The number of hydrogen-bond donors (Lipinski definition) is 2. The third-order valence-corrected chi connectivity index (χ3v) is 4.80. The molecule has 0 amide bonds. The van der Waals surface area contributed by atoms with Gasteiger partial charge in [0.05, 0.1) is 0 Å². The number of carbonyl (C=O) groups is 1. The van der Waals surface area contributed by atoms with Crippen molar-refractivity contribution in [2.24, 2.45) is 5.73 Å². The summed E-state index contributed by atoms with van der Waals surface area (Å²) in [5.41, 5.74) is 1.12. The molecular weight excluding hydrogens is 438 g/mol. The second-order valence-corrected chi connectivity index (χ2v) is 6.58. The van der Waals surface area contributed by atoms with Gasteiger partial charge in [0.25, 0.3) is 5.60 Å². The minimum atomic E-state index is -5.91. The summed E-state index contributed by atoms with van der Waals surface area (Å²) in [6.45, 7) is 4.87. The van der Waals surface area contributed by atoms with Crippen molar-refractivity contribution in [1.29, 1.82) is 0 Å². The maximum atomic E-state index is 12.9. The lowest BCUT2D eigenvalue weighted by molar-refractivity contribution is -0.376. The van der Waals surface area contributed by atoms with Crippen LogP contribution in [0.5, 0.6) is 0 Å². The first-order chi connectivity index (χ1) is 15.0. The summed E-state index contributed by atoms with van der Waals surface area (Å²) in [6.07, 6.45) is -10.4. The zero-order valence-corrected chi connectivity index (χ0v) is 17.9. The molecule has 0 aromatic heterocycles. The molecule has 4 nitrogen and oxygen atoms in total. The summed E-state index contributed by atoms with van der Waals surface area (Å²) in [4.78, 5) is 12.8. The van der Waals surface area contributed by atoms with Crippen LogP contribution in [-0.2, 0) is 18.6 Å². The number of aldehydes is 1. The molecule has 0 spiro atoms. The van der Waals surface area contributed by atoms with Crippen LogP contribution in [0.3, 0.4) is 0 Å². The highest BCUT2D eigenvalue weighted by Gasteiger charge is 2.71. The Bertz CT molecular complexity index is 865. The van der Waals surface area contributed by atoms with Gasteiger partial charge in [0, 0.05) is 29.9 Å². The number of hydrogen-bond acceptors (Lipinski definition) is 4. The van der Waals surface area contributed by atoms with Gasteiger partial charge in [0.2, 0.25) is 0 Å². The molecule has 2 aromatic carbocycles. The van der Waals surface area contributed by atoms with Gasteiger partial charge in [-0.25, -0.2) is 0 Å². The largest absolute Gasteiger partial charge is 0.430 e. The predicted octanol–water partition coefficient (Wildman–Crippen LogP) is 4.98. The first-order valence-electron chi connectivity index (χ1n) is 9.83. The Labute approximate surface area is 182 Å². The average molecular weight is 464 g/mol. The summed E-state index contributed by atoms with van der Waals surface area (Å²) < 4.78 is 77.6. The molecule has 0 unspecified atom stereocenters. The van der Waals surface area contributed by atoms with E-state index >= 15 is 0 Å². The third kappa shape index (κ3) is 5.42. The van der Waals surface area contributed by atoms with Crippen LogP contribution < -0.4 is 10.6 Å². The van der Waals surface area contributed by atoms with Crippen molar-refractivity contribution >= 4 is 12.0 Å². The Kier molecular flexibility index (Phi) is 9.28. The second-order valence-electron chi connectivity index (χ2n) is 6.58. The molecule has 1 aliphatic heterocycles. The summed E-state index contributed by atoms with van der Waals surface area (Å²) in [5.74, 6) is 0. The van der Waals surface area contributed by atoms with Gasteiger partial charge in [0.1, 0.15) is 6.29 Å². The zero-order valence-electron chi connectivity index (χ0n) is 17.9. The fourth-order valence-electron chi connectivity index (χ4n) is 3.29. The number of carbonyl (C=O) groups excluding carboxylic acids is 1. The summed E-state index contributed by atoms with van der Waals surface area (Å²) in [5, 5.41) is 9.42. The van der Waals surface area contributed by atoms with E-state index < -0.39 is 23.5 Å². The molecule has 0 aliphatic carbocycles. The van der Waals surface area contributed by atoms with Crippen LogP contribution in [-0.4, -0.2) is 37.3 Å². The molecule has 10 heteroatoms. The van der Waals surface area contributed by atoms with Gasteiger partial charge in [0.15, 0.2) is 0 Å². The minimum absolute atomic E-state index is 0.268. The van der Waals surface area contributed by atoms with Gasteiger partial charge in [-0.3, -0.25) is 4.79 Å². The molecule has 0 saturated heterocycles. The molecule has 0 bridgehead atoms. The van der Waals surface area contributed by atoms with Crippen molar-refractivity contribution < 1.29 is 36.2 Å². The highest BCUT2D eigenvalue weighted by molar-refractivity contribution is 5.77. The Hall–Kier alpha value is -2.59. The molecule has 3 N–H and O–H groups in total. The van der Waals surface area contributed by atoms with Crippen molar-refractivity contribution in [3.63, 3.8) is 0 Å². The molecule has 0 fully saturated rings. The van der Waals surface area contributed by atoms with Gasteiger partial charge >= 0.3 is 12.4 Å². The van der Waals surface area contributed by atoms with Gasteiger partial charge in [-0.1, -0.05) is 38.1 Å². The number of nitrogens with two attached hydrogens (primary N) is 1. The van der Waals surface area contributed by atoms with E-state index in [0.29, 0.717) is 36.2 Å². The first kappa shape index (κ1) is 27.4. The van der Waals surface area contributed by atoms with Crippen LogP contribution in [0.15, 0.2) is 42.5 Å². The number of halogens is 6. The van der Waals surface area contributed by atoms with Crippen LogP contribution in [0.2, 0.25) is 0 Å². The van der Waals surface area contributed by atoms with E-state index in [9.17, 15) is 36.2 Å². The molecule has 1 heterocycles. The zero-order chi connectivity index (χ0) is 24.7. The fourth-order valence-corrected chi connectivity index (χ4v) is 3.29. The number of nitrogens with zero attached hydrogens (tertiary/aromatic N) is 1. The molecule has 178 valence electrons. The smallest absolute Gasteiger partial charge is 0.369 e. The van der Waals surface area contributed by atoms with Gasteiger partial charge in [-0.2, -0.15) is 26.3 Å². The normalized spacial score (nSPS) is 13.4. The minimum Gasteiger partial charge on any atom is -0.369 e. The van der Waals surface area contributed by atoms with Crippen LogP contribution in [0.25, 0.3) is 0 Å². The number of anilines is 1. The van der Waals surface area contributed by atoms with Crippen molar-refractivity contribution in [1.82, 2.24) is 0 Å². The molecule has 32 heavy (non-hydrogen) atoms. The number of aliphatic hydroxyl groups is 1. The van der Waals surface area contributed by atoms with Gasteiger partial charge in [-0.15, -0.1) is 0 Å². The lowest BCUT2D eigenvalue weighted by atomic mass is 9.91. The van der Waals surface area contributed by atoms with E-state index in [0.717, 1.165) is 29.7 Å². The van der Waals surface area contributed by atoms with Crippen LogP contribution in [0.1, 0.15) is 40.9 Å². The van der Waals surface area contributed by atoms with Crippen molar-refractivity contribution in [2.75, 3.05) is 18.5 Å². The Morgan fingerprint density at radius 2 is 1.50 bits per heavy atom. The lowest BCUT2D eigenvalue weighted by Gasteiger charge is -2.32. The molecule has 1 aliphatic rings. The highest BCUT2D eigenvalue weighted by Crippen LogP contribution is 2.50. The second kappa shape index (κ2) is 10.8. The van der Waals surface area contributed by atoms with E-state index in [4.69, 9.17) is 0 Å². The van der Waals surface area contributed by atoms with E-state index in [1.807, 2.05) is 18.7 Å².